The largest absolute Gasteiger partial charge is 0.507 e. The normalized spacial score (nSPS) is 10.1. The van der Waals surface area contributed by atoms with Gasteiger partial charge in [0.2, 0.25) is 0 Å². The van der Waals surface area contributed by atoms with Gasteiger partial charge in [-0.1, -0.05) is 5.46 Å². The Labute approximate surface area is 78.2 Å². The predicted octanol–water partition coefficient (Wildman–Crippen LogP) is 0.974. The maximum atomic E-state index is 10.5. The summed E-state index contributed by atoms with van der Waals surface area (Å²) in [6.07, 6.45) is 0. The molecule has 1 rings (SSSR count). The number of nitroso groups, excluding NO2 is 1. The lowest BCUT2D eigenvalue weighted by Gasteiger charge is -2.12. The molecule has 0 aromatic heterocycles. The highest BCUT2D eigenvalue weighted by atomic mass is 16.3. The van der Waals surface area contributed by atoms with Crippen LogP contribution in [0.25, 0.3) is 0 Å². The summed E-state index contributed by atoms with van der Waals surface area (Å²) in [5, 5.41) is 12.5. The zero-order valence-electron chi connectivity index (χ0n) is 8.30. The Morgan fingerprint density at radius 3 is 2.15 bits per heavy atom. The fourth-order valence-electron chi connectivity index (χ4n) is 1.45. The average molecular weight is 177 g/mol. The molecule has 1 aromatic rings. The third kappa shape index (κ3) is 1.32. The second-order valence-corrected chi connectivity index (χ2v) is 3.29. The van der Waals surface area contributed by atoms with E-state index >= 15 is 0 Å². The van der Waals surface area contributed by atoms with Crippen LogP contribution in [0.3, 0.4) is 0 Å². The van der Waals surface area contributed by atoms with E-state index in [2.05, 4.69) is 5.18 Å². The highest BCUT2D eigenvalue weighted by molar-refractivity contribution is 6.35. The van der Waals surface area contributed by atoms with E-state index in [1.807, 2.05) is 21.7 Å². The van der Waals surface area contributed by atoms with Gasteiger partial charge in [0.15, 0.2) is 0 Å². The van der Waals surface area contributed by atoms with Gasteiger partial charge in [0.05, 0.1) is 0 Å². The van der Waals surface area contributed by atoms with Crippen molar-refractivity contribution in [2.45, 2.75) is 20.8 Å². The minimum absolute atomic E-state index is 0.178. The lowest BCUT2D eigenvalue weighted by molar-refractivity contribution is 0.467. The summed E-state index contributed by atoms with van der Waals surface area (Å²) in [4.78, 5) is 10.5. The maximum absolute atomic E-state index is 10.5. The Morgan fingerprint density at radius 2 is 1.69 bits per heavy atom. The first kappa shape index (κ1) is 9.77. The summed E-state index contributed by atoms with van der Waals surface area (Å²) in [6, 6.07) is 0. The molecular weight excluding hydrogens is 165 g/mol. The molecule has 13 heavy (non-hydrogen) atoms. The highest BCUT2D eigenvalue weighted by Crippen LogP contribution is 2.31. The van der Waals surface area contributed by atoms with Crippen LogP contribution in [0.5, 0.6) is 5.75 Å². The van der Waals surface area contributed by atoms with Crippen LogP contribution < -0.4 is 5.46 Å². The average Bonchev–Trinajstić information content (AvgIpc) is 2.13. The van der Waals surface area contributed by atoms with Crippen molar-refractivity contribution >= 4 is 19.0 Å². The van der Waals surface area contributed by atoms with Crippen LogP contribution in [0, 0.1) is 25.7 Å². The molecule has 4 heteroatoms. The first-order valence-corrected chi connectivity index (χ1v) is 4.13. The first-order valence-electron chi connectivity index (χ1n) is 4.13. The van der Waals surface area contributed by atoms with Gasteiger partial charge >= 0.3 is 0 Å². The summed E-state index contributed by atoms with van der Waals surface area (Å²) in [5.41, 5.74) is 3.53. The van der Waals surface area contributed by atoms with Gasteiger partial charge in [-0.15, -0.1) is 4.91 Å². The van der Waals surface area contributed by atoms with Crippen molar-refractivity contribution in [3.05, 3.63) is 21.6 Å². The number of aromatic hydroxyl groups is 1. The second kappa shape index (κ2) is 3.20. The van der Waals surface area contributed by atoms with Crippen molar-refractivity contribution in [2.24, 2.45) is 5.18 Å². The fraction of sp³-hybridized carbons (Fsp3) is 0.333. The van der Waals surface area contributed by atoms with E-state index in [1.54, 1.807) is 6.92 Å². The molecule has 1 aromatic carbocycles. The molecule has 0 unspecified atom stereocenters. The quantitative estimate of drug-likeness (QED) is 0.513. The van der Waals surface area contributed by atoms with E-state index in [0.29, 0.717) is 11.3 Å². The molecule has 0 aliphatic heterocycles. The van der Waals surface area contributed by atoms with E-state index in [4.69, 9.17) is 0 Å². The fourth-order valence-corrected chi connectivity index (χ4v) is 1.45. The number of phenolic OH excluding ortho intramolecular Hbond substituents is 1. The summed E-state index contributed by atoms with van der Waals surface area (Å²) in [7, 11) is 1.87. The van der Waals surface area contributed by atoms with Gasteiger partial charge in [0, 0.05) is 5.56 Å². The smallest absolute Gasteiger partial charge is 0.140 e. The molecule has 0 radical (unpaired) electrons. The second-order valence-electron chi connectivity index (χ2n) is 3.29. The number of hydrogen-bond acceptors (Lipinski definition) is 3. The Morgan fingerprint density at radius 1 is 1.15 bits per heavy atom. The SMILES string of the molecule is Bc1c(C)c(O)c(C)c(N=O)c1C. The number of nitrogens with zero attached hydrogens (tertiary/aromatic N) is 1. The van der Waals surface area contributed by atoms with Crippen molar-refractivity contribution in [1.29, 1.82) is 0 Å². The Kier molecular flexibility index (Phi) is 2.41. The molecule has 0 aliphatic rings. The van der Waals surface area contributed by atoms with Gasteiger partial charge in [-0.05, 0) is 37.1 Å². The number of phenols is 1. The molecule has 0 atom stereocenters. The first-order chi connectivity index (χ1) is 6.00. The molecule has 68 valence electrons. The Balaban J connectivity index is 3.66. The molecule has 1 N–H and O–H groups in total. The molecule has 0 saturated carbocycles. The Hall–Kier alpha value is -1.32. The summed E-state index contributed by atoms with van der Waals surface area (Å²) in [5.74, 6) is 0.178. The van der Waals surface area contributed by atoms with Crippen LogP contribution in [0.4, 0.5) is 5.69 Å². The highest BCUT2D eigenvalue weighted by Gasteiger charge is 2.13. The van der Waals surface area contributed by atoms with E-state index in [1.165, 1.54) is 0 Å². The molecule has 0 aliphatic carbocycles. The molecule has 0 heterocycles. The van der Waals surface area contributed by atoms with Crippen LogP contribution in [-0.4, -0.2) is 13.0 Å². The zero-order chi connectivity index (χ0) is 10.2. The van der Waals surface area contributed by atoms with Crippen LogP contribution in [0.15, 0.2) is 5.18 Å². The number of hydrogen-bond donors (Lipinski definition) is 1. The van der Waals surface area contributed by atoms with Crippen LogP contribution in [0.1, 0.15) is 16.7 Å². The number of benzene rings is 1. The van der Waals surface area contributed by atoms with Crippen molar-refractivity contribution in [3.63, 3.8) is 0 Å². The van der Waals surface area contributed by atoms with Gasteiger partial charge < -0.3 is 5.11 Å². The van der Waals surface area contributed by atoms with Crippen molar-refractivity contribution in [1.82, 2.24) is 0 Å². The topological polar surface area (TPSA) is 49.7 Å². The monoisotopic (exact) mass is 177 g/mol. The minimum atomic E-state index is 0.178. The van der Waals surface area contributed by atoms with Gasteiger partial charge in [-0.25, -0.2) is 0 Å². The number of rotatable bonds is 1. The molecule has 0 bridgehead atoms. The van der Waals surface area contributed by atoms with Gasteiger partial charge in [0.1, 0.15) is 19.3 Å². The molecule has 0 spiro atoms. The summed E-state index contributed by atoms with van der Waals surface area (Å²) in [6.45, 7) is 5.37. The summed E-state index contributed by atoms with van der Waals surface area (Å²) < 4.78 is 0. The van der Waals surface area contributed by atoms with E-state index in [-0.39, 0.29) is 5.75 Å². The zero-order valence-corrected chi connectivity index (χ0v) is 8.30. The lowest BCUT2D eigenvalue weighted by atomic mass is 9.84. The van der Waals surface area contributed by atoms with Crippen molar-refractivity contribution in [2.75, 3.05) is 0 Å². The van der Waals surface area contributed by atoms with Gasteiger partial charge in [-0.2, -0.15) is 0 Å². The molecule has 0 amide bonds. The Bertz CT molecular complexity index is 345. The van der Waals surface area contributed by atoms with Gasteiger partial charge in [-0.3, -0.25) is 0 Å². The van der Waals surface area contributed by atoms with Crippen LogP contribution in [-0.2, 0) is 0 Å². The van der Waals surface area contributed by atoms with E-state index in [0.717, 1.165) is 16.6 Å². The third-order valence-corrected chi connectivity index (χ3v) is 2.64. The standard InChI is InChI=1S/C9H12BNO2/c1-4-7(10)5(2)9(12)6(3)8(4)11-13/h12H,10H2,1-3H3. The predicted molar refractivity (Wildman–Crippen MR) is 56.0 cm³/mol. The lowest BCUT2D eigenvalue weighted by Crippen LogP contribution is -2.12. The van der Waals surface area contributed by atoms with Crippen molar-refractivity contribution in [3.8, 4) is 5.75 Å². The van der Waals surface area contributed by atoms with E-state index < -0.39 is 0 Å². The van der Waals surface area contributed by atoms with E-state index in [9.17, 15) is 10.0 Å². The third-order valence-electron chi connectivity index (χ3n) is 2.64. The van der Waals surface area contributed by atoms with Crippen LogP contribution in [0.2, 0.25) is 0 Å². The summed E-state index contributed by atoms with van der Waals surface area (Å²) >= 11 is 0. The van der Waals surface area contributed by atoms with Crippen LogP contribution >= 0.6 is 0 Å². The molecule has 3 nitrogen and oxygen atoms in total. The minimum Gasteiger partial charge on any atom is -0.507 e. The molecule has 0 fully saturated rings. The van der Waals surface area contributed by atoms with Gasteiger partial charge in [0.25, 0.3) is 0 Å². The molecular formula is C9H12BNO2. The maximum Gasteiger partial charge on any atom is 0.140 e. The molecule has 0 saturated heterocycles. The van der Waals surface area contributed by atoms with Crippen molar-refractivity contribution < 1.29 is 5.11 Å².